The molecule has 4 nitrogen and oxygen atoms in total. The van der Waals surface area contributed by atoms with Gasteiger partial charge in [0.15, 0.2) is 0 Å². The van der Waals surface area contributed by atoms with Crippen LogP contribution < -0.4 is 5.32 Å². The molecule has 1 N–H and O–H groups in total. The molecule has 1 fully saturated rings. The molecule has 2 atom stereocenters. The summed E-state index contributed by atoms with van der Waals surface area (Å²) in [4.78, 5) is 27.8. The van der Waals surface area contributed by atoms with Gasteiger partial charge in [0.1, 0.15) is 5.82 Å². The van der Waals surface area contributed by atoms with Crippen molar-refractivity contribution in [1.82, 2.24) is 10.2 Å². The summed E-state index contributed by atoms with van der Waals surface area (Å²) >= 11 is 0. The lowest BCUT2D eigenvalue weighted by Crippen LogP contribution is -2.48. The van der Waals surface area contributed by atoms with E-state index in [4.69, 9.17) is 0 Å². The fourth-order valence-corrected chi connectivity index (χ4v) is 4.13. The molecule has 158 valence electrons. The molecule has 0 aliphatic carbocycles. The number of piperidine rings is 1. The molecule has 0 spiro atoms. The number of carbonyl (C=O) groups excluding carboxylic acids is 2. The normalized spacial score (nSPS) is 18.4. The second-order valence-electron chi connectivity index (χ2n) is 7.96. The van der Waals surface area contributed by atoms with Crippen LogP contribution in [0.5, 0.6) is 0 Å². The highest BCUT2D eigenvalue weighted by atomic mass is 19.1. The third-order valence-corrected chi connectivity index (χ3v) is 5.78. The largest absolute Gasteiger partial charge is 0.352 e. The molecule has 1 saturated heterocycles. The number of hydrogen-bond acceptors (Lipinski definition) is 2. The predicted octanol–water partition coefficient (Wildman–Crippen LogP) is 4.39. The zero-order valence-corrected chi connectivity index (χ0v) is 17.2. The van der Waals surface area contributed by atoms with E-state index < -0.39 is 0 Å². The topological polar surface area (TPSA) is 49.4 Å². The maximum Gasteiger partial charge on any atom is 0.253 e. The lowest BCUT2D eigenvalue weighted by molar-refractivity contribution is -0.126. The van der Waals surface area contributed by atoms with Gasteiger partial charge in [-0.15, -0.1) is 0 Å². The molecule has 3 aromatic rings. The van der Waals surface area contributed by atoms with Crippen LogP contribution in [-0.4, -0.2) is 29.8 Å². The summed E-state index contributed by atoms with van der Waals surface area (Å²) in [7, 11) is 0. The van der Waals surface area contributed by atoms with E-state index in [1.54, 1.807) is 4.90 Å². The van der Waals surface area contributed by atoms with Crippen molar-refractivity contribution < 1.29 is 14.0 Å². The summed E-state index contributed by atoms with van der Waals surface area (Å²) in [5.74, 6) is -0.864. The Morgan fingerprint density at radius 2 is 1.52 bits per heavy atom. The number of halogens is 1. The molecule has 0 aromatic heterocycles. The molecule has 0 bridgehead atoms. The molecule has 3 aromatic carbocycles. The van der Waals surface area contributed by atoms with Crippen LogP contribution in [0.2, 0.25) is 0 Å². The van der Waals surface area contributed by atoms with Gasteiger partial charge in [0.25, 0.3) is 5.91 Å². The zero-order chi connectivity index (χ0) is 21.6. The van der Waals surface area contributed by atoms with E-state index in [1.807, 2.05) is 60.7 Å². The van der Waals surface area contributed by atoms with Crippen molar-refractivity contribution in [3.05, 3.63) is 107 Å². The van der Waals surface area contributed by atoms with E-state index in [-0.39, 0.29) is 29.5 Å². The molecule has 1 heterocycles. The third kappa shape index (κ3) is 5.18. The Balaban J connectivity index is 1.52. The number of likely N-dealkylation sites (tertiary alicyclic amines) is 1. The van der Waals surface area contributed by atoms with Crippen LogP contribution in [0.4, 0.5) is 4.39 Å². The summed E-state index contributed by atoms with van der Waals surface area (Å²) in [6.45, 7) is 1.33. The van der Waals surface area contributed by atoms with Gasteiger partial charge in [0, 0.05) is 31.1 Å². The van der Waals surface area contributed by atoms with Gasteiger partial charge in [-0.3, -0.25) is 9.59 Å². The Morgan fingerprint density at radius 1 is 0.871 bits per heavy atom. The quantitative estimate of drug-likeness (QED) is 0.671. The number of amides is 2. The molecular weight excluding hydrogens is 391 g/mol. The molecule has 1 aliphatic rings. The van der Waals surface area contributed by atoms with Gasteiger partial charge in [-0.1, -0.05) is 60.7 Å². The van der Waals surface area contributed by atoms with Gasteiger partial charge in [-0.25, -0.2) is 4.39 Å². The van der Waals surface area contributed by atoms with Crippen LogP contribution in [0.1, 0.15) is 33.8 Å². The van der Waals surface area contributed by atoms with Crippen LogP contribution in [0.15, 0.2) is 84.9 Å². The maximum atomic E-state index is 13.3. The molecule has 4 rings (SSSR count). The van der Waals surface area contributed by atoms with Crippen LogP contribution in [0.3, 0.4) is 0 Å². The Labute approximate surface area is 181 Å². The standard InChI is InChI=1S/C26H25FN2O2/c27-24-13-11-21(12-14-24)26(31)29-17-22(20-9-5-2-6-10-20)15-23(18-29)25(30)28-16-19-7-3-1-4-8-19/h1-14,22-23H,15-18H2,(H,28,30)/t22-,23-/m1/s1. The predicted molar refractivity (Wildman–Crippen MR) is 118 cm³/mol. The lowest BCUT2D eigenvalue weighted by Gasteiger charge is -2.37. The summed E-state index contributed by atoms with van der Waals surface area (Å²) < 4.78 is 13.3. The summed E-state index contributed by atoms with van der Waals surface area (Å²) in [6.07, 6.45) is 0.678. The first-order chi connectivity index (χ1) is 15.1. The monoisotopic (exact) mass is 416 g/mol. The minimum Gasteiger partial charge on any atom is -0.352 e. The van der Waals surface area contributed by atoms with Gasteiger partial charge in [0.2, 0.25) is 5.91 Å². The number of carbonyl (C=O) groups is 2. The van der Waals surface area contributed by atoms with E-state index >= 15 is 0 Å². The summed E-state index contributed by atoms with van der Waals surface area (Å²) in [5.41, 5.74) is 2.57. The minimum atomic E-state index is -0.379. The lowest BCUT2D eigenvalue weighted by atomic mass is 9.83. The van der Waals surface area contributed by atoms with Gasteiger partial charge >= 0.3 is 0 Å². The third-order valence-electron chi connectivity index (χ3n) is 5.78. The van der Waals surface area contributed by atoms with E-state index in [2.05, 4.69) is 5.32 Å². The molecule has 31 heavy (non-hydrogen) atoms. The van der Waals surface area contributed by atoms with Crippen LogP contribution in [-0.2, 0) is 11.3 Å². The SMILES string of the molecule is O=C(NCc1ccccc1)[C@@H]1C[C@@H](c2ccccc2)CN(C(=O)c2ccc(F)cc2)C1. The minimum absolute atomic E-state index is 0.0543. The fraction of sp³-hybridized carbons (Fsp3) is 0.231. The smallest absolute Gasteiger partial charge is 0.253 e. The second-order valence-corrected chi connectivity index (χ2v) is 7.96. The molecule has 5 heteroatoms. The van der Waals surface area contributed by atoms with Crippen molar-refractivity contribution in [3.8, 4) is 0 Å². The molecule has 0 saturated carbocycles. The van der Waals surface area contributed by atoms with Crippen molar-refractivity contribution >= 4 is 11.8 Å². The molecule has 1 aliphatic heterocycles. The average Bonchev–Trinajstić information content (AvgIpc) is 2.83. The van der Waals surface area contributed by atoms with Crippen molar-refractivity contribution in [2.75, 3.05) is 13.1 Å². The number of nitrogens with one attached hydrogen (secondary N) is 1. The molecule has 2 amide bonds. The van der Waals surface area contributed by atoms with Crippen LogP contribution >= 0.6 is 0 Å². The maximum absolute atomic E-state index is 13.3. The number of rotatable bonds is 5. The van der Waals surface area contributed by atoms with Crippen molar-refractivity contribution in [2.45, 2.75) is 18.9 Å². The van der Waals surface area contributed by atoms with E-state index in [9.17, 15) is 14.0 Å². The Morgan fingerprint density at radius 3 is 2.19 bits per heavy atom. The van der Waals surface area contributed by atoms with Crippen molar-refractivity contribution in [3.63, 3.8) is 0 Å². The number of hydrogen-bond donors (Lipinski definition) is 1. The average molecular weight is 416 g/mol. The Kier molecular flexibility index (Phi) is 6.41. The van der Waals surface area contributed by atoms with E-state index in [0.717, 1.165) is 11.1 Å². The Bertz CT molecular complexity index is 1020. The zero-order valence-electron chi connectivity index (χ0n) is 17.2. The van der Waals surface area contributed by atoms with Crippen molar-refractivity contribution in [2.24, 2.45) is 5.92 Å². The highest BCUT2D eigenvalue weighted by molar-refractivity contribution is 5.94. The number of nitrogens with zero attached hydrogens (tertiary/aromatic N) is 1. The van der Waals surface area contributed by atoms with Crippen molar-refractivity contribution in [1.29, 1.82) is 0 Å². The first-order valence-corrected chi connectivity index (χ1v) is 10.5. The summed E-state index contributed by atoms with van der Waals surface area (Å²) in [5, 5.41) is 3.02. The van der Waals surface area contributed by atoms with Gasteiger partial charge in [-0.05, 0) is 41.8 Å². The second kappa shape index (κ2) is 9.56. The van der Waals surface area contributed by atoms with Crippen LogP contribution in [0.25, 0.3) is 0 Å². The van der Waals surface area contributed by atoms with Gasteiger partial charge in [-0.2, -0.15) is 0 Å². The molecule has 0 unspecified atom stereocenters. The highest BCUT2D eigenvalue weighted by Gasteiger charge is 2.34. The molecular formula is C26H25FN2O2. The van der Waals surface area contributed by atoms with Gasteiger partial charge < -0.3 is 10.2 Å². The first-order valence-electron chi connectivity index (χ1n) is 10.5. The van der Waals surface area contributed by atoms with E-state index in [1.165, 1.54) is 24.3 Å². The highest BCUT2D eigenvalue weighted by Crippen LogP contribution is 2.31. The first kappa shape index (κ1) is 20.8. The summed E-state index contributed by atoms with van der Waals surface area (Å²) in [6, 6.07) is 25.3. The fourth-order valence-electron chi connectivity index (χ4n) is 4.13. The van der Waals surface area contributed by atoms with Crippen LogP contribution in [0, 0.1) is 11.7 Å². The van der Waals surface area contributed by atoms with E-state index in [0.29, 0.717) is 31.6 Å². The molecule has 0 radical (unpaired) electrons. The van der Waals surface area contributed by atoms with Gasteiger partial charge in [0.05, 0.1) is 5.92 Å². The Hall–Kier alpha value is -3.47. The number of benzene rings is 3.